The van der Waals surface area contributed by atoms with Crippen LogP contribution in [0.25, 0.3) is 28.3 Å². The fraction of sp³-hybridized carbons (Fsp3) is 0.286. The number of carbonyl (C=O) groups excluding carboxylic acids is 2. The van der Waals surface area contributed by atoms with Gasteiger partial charge in [0.2, 0.25) is 5.91 Å². The van der Waals surface area contributed by atoms with Crippen LogP contribution in [0.5, 0.6) is 0 Å². The standard InChI is InChI=1S/C28H29N5O5/c1-3-5-16-32-26(31-23(34)15-14-19-10-9-11-20(18-19)33(36)37)24(28(35)38-17-6-4-2)25-27(32)30-22-13-8-7-12-21(22)29-25/h7-15,18H,3-6,16-17H2,1-2H3,(H,31,34)/b15-14+. The Labute approximate surface area is 219 Å². The Hall–Kier alpha value is -4.60. The minimum absolute atomic E-state index is 0.0754. The predicted molar refractivity (Wildman–Crippen MR) is 146 cm³/mol. The number of hydrogen-bond donors (Lipinski definition) is 1. The van der Waals surface area contributed by atoms with Gasteiger partial charge in [-0.2, -0.15) is 0 Å². The van der Waals surface area contributed by atoms with E-state index >= 15 is 0 Å². The lowest BCUT2D eigenvalue weighted by Gasteiger charge is -2.11. The number of unbranched alkanes of at least 4 members (excludes halogenated alkanes) is 2. The second-order valence-electron chi connectivity index (χ2n) is 8.78. The zero-order chi connectivity index (χ0) is 27.1. The Balaban J connectivity index is 1.78. The molecular formula is C28H29N5O5. The van der Waals surface area contributed by atoms with Crippen LogP contribution in [0.4, 0.5) is 11.5 Å². The van der Waals surface area contributed by atoms with Gasteiger partial charge in [0.1, 0.15) is 16.9 Å². The molecule has 2 aromatic heterocycles. The van der Waals surface area contributed by atoms with Gasteiger partial charge in [0.15, 0.2) is 5.65 Å². The molecular weight excluding hydrogens is 486 g/mol. The molecule has 0 unspecified atom stereocenters. The maximum Gasteiger partial charge on any atom is 0.344 e. The number of fused-ring (bicyclic) bond motifs is 2. The van der Waals surface area contributed by atoms with Crippen LogP contribution < -0.4 is 5.32 Å². The van der Waals surface area contributed by atoms with Crippen LogP contribution in [-0.2, 0) is 16.1 Å². The number of nitrogens with one attached hydrogen (secondary N) is 1. The summed E-state index contributed by atoms with van der Waals surface area (Å²) in [5.41, 5.74) is 2.71. The van der Waals surface area contributed by atoms with E-state index in [-0.39, 0.29) is 23.7 Å². The van der Waals surface area contributed by atoms with E-state index in [2.05, 4.69) is 5.32 Å². The number of esters is 1. The number of nitro benzene ring substituents is 1. The molecule has 10 heteroatoms. The third-order valence-corrected chi connectivity index (χ3v) is 5.97. The Kier molecular flexibility index (Phi) is 8.42. The molecule has 2 heterocycles. The first-order chi connectivity index (χ1) is 18.4. The van der Waals surface area contributed by atoms with E-state index in [9.17, 15) is 19.7 Å². The first-order valence-electron chi connectivity index (χ1n) is 12.6. The molecule has 0 aliphatic carbocycles. The summed E-state index contributed by atoms with van der Waals surface area (Å²) in [4.78, 5) is 46.4. The SMILES string of the molecule is CCCCOC(=O)c1c(NC(=O)/C=C/c2cccc([N+](=O)[O-])c2)n(CCCC)c2nc3ccccc3nc12. The molecule has 0 radical (unpaired) electrons. The van der Waals surface area contributed by atoms with Crippen molar-refractivity contribution >= 4 is 51.7 Å². The lowest BCUT2D eigenvalue weighted by Crippen LogP contribution is -2.17. The minimum atomic E-state index is -0.582. The molecule has 38 heavy (non-hydrogen) atoms. The average Bonchev–Trinajstić information content (AvgIpc) is 3.21. The van der Waals surface area contributed by atoms with Crippen LogP contribution in [-0.4, -0.2) is 37.9 Å². The summed E-state index contributed by atoms with van der Waals surface area (Å²) in [7, 11) is 0. The summed E-state index contributed by atoms with van der Waals surface area (Å²) in [6.45, 7) is 4.80. The van der Waals surface area contributed by atoms with Gasteiger partial charge in [-0.25, -0.2) is 14.8 Å². The van der Waals surface area contributed by atoms with Crippen molar-refractivity contribution in [3.8, 4) is 0 Å². The molecule has 0 fully saturated rings. The summed E-state index contributed by atoms with van der Waals surface area (Å²) >= 11 is 0. The molecule has 196 valence electrons. The second-order valence-corrected chi connectivity index (χ2v) is 8.78. The molecule has 2 aromatic carbocycles. The Morgan fingerprint density at radius 3 is 2.50 bits per heavy atom. The Morgan fingerprint density at radius 1 is 1.05 bits per heavy atom. The number of aromatic nitrogens is 3. The van der Waals surface area contributed by atoms with Crippen molar-refractivity contribution in [1.82, 2.24) is 14.5 Å². The van der Waals surface area contributed by atoms with E-state index in [0.29, 0.717) is 40.7 Å². The number of nitro groups is 1. The zero-order valence-corrected chi connectivity index (χ0v) is 21.3. The van der Waals surface area contributed by atoms with Crippen LogP contribution >= 0.6 is 0 Å². The molecule has 1 N–H and O–H groups in total. The molecule has 4 rings (SSSR count). The fourth-order valence-electron chi connectivity index (χ4n) is 4.01. The normalized spacial score (nSPS) is 11.3. The number of hydrogen-bond acceptors (Lipinski definition) is 7. The van der Waals surface area contributed by atoms with Crippen molar-refractivity contribution in [3.63, 3.8) is 0 Å². The van der Waals surface area contributed by atoms with Crippen molar-refractivity contribution in [1.29, 1.82) is 0 Å². The summed E-state index contributed by atoms with van der Waals surface area (Å²) in [6.07, 6.45) is 5.99. The highest BCUT2D eigenvalue weighted by Gasteiger charge is 2.27. The van der Waals surface area contributed by atoms with E-state index in [1.165, 1.54) is 24.3 Å². The number of rotatable bonds is 11. The lowest BCUT2D eigenvalue weighted by atomic mass is 10.2. The zero-order valence-electron chi connectivity index (χ0n) is 21.3. The smallest absolute Gasteiger partial charge is 0.344 e. The van der Waals surface area contributed by atoms with Crippen LogP contribution in [0.2, 0.25) is 0 Å². The quantitative estimate of drug-likeness (QED) is 0.0865. The van der Waals surface area contributed by atoms with Gasteiger partial charge in [-0.15, -0.1) is 0 Å². The van der Waals surface area contributed by atoms with E-state index < -0.39 is 16.8 Å². The maximum absolute atomic E-state index is 13.3. The monoisotopic (exact) mass is 515 g/mol. The van der Waals surface area contributed by atoms with Crippen LogP contribution in [0.15, 0.2) is 54.6 Å². The van der Waals surface area contributed by atoms with Crippen molar-refractivity contribution in [3.05, 3.63) is 75.8 Å². The van der Waals surface area contributed by atoms with Gasteiger partial charge in [-0.1, -0.05) is 51.0 Å². The molecule has 0 saturated carbocycles. The Morgan fingerprint density at radius 2 is 1.79 bits per heavy atom. The number of ether oxygens (including phenoxy) is 1. The van der Waals surface area contributed by atoms with Crippen LogP contribution in [0, 0.1) is 10.1 Å². The molecule has 0 bridgehead atoms. The summed E-state index contributed by atoms with van der Waals surface area (Å²) in [5.74, 6) is -0.829. The van der Waals surface area contributed by atoms with E-state index in [1.807, 2.05) is 38.1 Å². The molecule has 0 spiro atoms. The van der Waals surface area contributed by atoms with Gasteiger partial charge >= 0.3 is 5.97 Å². The van der Waals surface area contributed by atoms with Crippen molar-refractivity contribution in [2.24, 2.45) is 0 Å². The summed E-state index contributed by atoms with van der Waals surface area (Å²) in [5, 5.41) is 13.9. The van der Waals surface area contributed by atoms with Crippen LogP contribution in [0.1, 0.15) is 55.5 Å². The maximum atomic E-state index is 13.3. The largest absolute Gasteiger partial charge is 0.462 e. The summed E-state index contributed by atoms with van der Waals surface area (Å²) < 4.78 is 7.34. The number of aryl methyl sites for hydroxylation is 1. The van der Waals surface area contributed by atoms with Gasteiger partial charge in [0, 0.05) is 24.8 Å². The van der Waals surface area contributed by atoms with E-state index in [1.54, 1.807) is 16.7 Å². The first kappa shape index (κ1) is 26.5. The Bertz CT molecular complexity index is 1530. The van der Waals surface area contributed by atoms with Crippen molar-refractivity contribution in [2.75, 3.05) is 11.9 Å². The number of benzene rings is 2. The number of carbonyl (C=O) groups is 2. The number of anilines is 1. The number of para-hydroxylation sites is 2. The predicted octanol–water partition coefficient (Wildman–Crippen LogP) is 5.90. The third kappa shape index (κ3) is 5.86. The van der Waals surface area contributed by atoms with Gasteiger partial charge in [0.25, 0.3) is 5.69 Å². The molecule has 1 amide bonds. The van der Waals surface area contributed by atoms with Gasteiger partial charge in [-0.3, -0.25) is 14.9 Å². The van der Waals surface area contributed by atoms with Gasteiger partial charge in [0.05, 0.1) is 22.6 Å². The van der Waals surface area contributed by atoms with Gasteiger partial charge in [-0.05, 0) is 36.6 Å². The molecule has 0 saturated heterocycles. The van der Waals surface area contributed by atoms with Gasteiger partial charge < -0.3 is 14.6 Å². The highest BCUT2D eigenvalue weighted by Crippen LogP contribution is 2.31. The number of non-ortho nitro benzene ring substituents is 1. The third-order valence-electron chi connectivity index (χ3n) is 5.97. The fourth-order valence-corrected chi connectivity index (χ4v) is 4.01. The van der Waals surface area contributed by atoms with Crippen molar-refractivity contribution in [2.45, 2.75) is 46.1 Å². The van der Waals surface area contributed by atoms with E-state index in [4.69, 9.17) is 14.7 Å². The highest BCUT2D eigenvalue weighted by atomic mass is 16.6. The highest BCUT2D eigenvalue weighted by molar-refractivity contribution is 6.13. The number of amides is 1. The molecule has 10 nitrogen and oxygen atoms in total. The lowest BCUT2D eigenvalue weighted by molar-refractivity contribution is -0.384. The van der Waals surface area contributed by atoms with E-state index in [0.717, 1.165) is 19.3 Å². The average molecular weight is 516 g/mol. The number of nitrogens with zero attached hydrogens (tertiary/aromatic N) is 4. The molecule has 4 aromatic rings. The molecule has 0 aliphatic rings. The topological polar surface area (TPSA) is 129 Å². The van der Waals surface area contributed by atoms with Crippen LogP contribution in [0.3, 0.4) is 0 Å². The molecule has 0 aliphatic heterocycles. The summed E-state index contributed by atoms with van der Waals surface area (Å²) in [6, 6.07) is 13.3. The first-order valence-corrected chi connectivity index (χ1v) is 12.6. The minimum Gasteiger partial charge on any atom is -0.462 e. The second kappa shape index (κ2) is 12.1. The van der Waals surface area contributed by atoms with Crippen molar-refractivity contribution < 1.29 is 19.2 Å². The molecule has 0 atom stereocenters.